The number of urea groups is 1. The summed E-state index contributed by atoms with van der Waals surface area (Å²) in [5, 5.41) is 10.3. The number of hydrogen-bond acceptors (Lipinski definition) is 3. The van der Waals surface area contributed by atoms with Crippen molar-refractivity contribution in [1.82, 2.24) is 20.0 Å². The van der Waals surface area contributed by atoms with Gasteiger partial charge in [0, 0.05) is 19.2 Å². The normalized spacial score (nSPS) is 15.2. The maximum Gasteiger partial charge on any atom is 0.320 e. The molecule has 2 heterocycles. The molecule has 1 saturated heterocycles. The number of para-hydroxylation sites is 1. The Labute approximate surface area is 142 Å². The summed E-state index contributed by atoms with van der Waals surface area (Å²) in [6.45, 7) is 5.76. The van der Waals surface area contributed by atoms with Gasteiger partial charge in [0.25, 0.3) is 0 Å². The van der Waals surface area contributed by atoms with E-state index in [1.165, 1.54) is 19.3 Å². The standard InChI is InChI=1S/C18H25N5O/c1-15-14-17(23(21-15)16-8-4-2-5-9-16)20-18(24)19-10-13-22-11-6-3-7-12-22/h2,4-5,8-9,14H,3,6-7,10-13H2,1H3,(H2,19,20,24). The van der Waals surface area contributed by atoms with Crippen molar-refractivity contribution < 1.29 is 4.79 Å². The van der Waals surface area contributed by atoms with Crippen molar-refractivity contribution in [1.29, 1.82) is 0 Å². The molecule has 6 heteroatoms. The van der Waals surface area contributed by atoms with Crippen LogP contribution in [-0.2, 0) is 0 Å². The first-order valence-electron chi connectivity index (χ1n) is 8.62. The van der Waals surface area contributed by atoms with Gasteiger partial charge >= 0.3 is 6.03 Å². The first kappa shape index (κ1) is 16.5. The van der Waals surface area contributed by atoms with Gasteiger partial charge in [-0.25, -0.2) is 9.48 Å². The van der Waals surface area contributed by atoms with E-state index < -0.39 is 0 Å². The van der Waals surface area contributed by atoms with Crippen molar-refractivity contribution in [3.8, 4) is 5.69 Å². The highest BCUT2D eigenvalue weighted by molar-refractivity contribution is 5.88. The summed E-state index contributed by atoms with van der Waals surface area (Å²) in [6, 6.07) is 11.5. The second-order valence-electron chi connectivity index (χ2n) is 6.20. The van der Waals surface area contributed by atoms with Crippen molar-refractivity contribution in [2.45, 2.75) is 26.2 Å². The number of amides is 2. The van der Waals surface area contributed by atoms with Crippen LogP contribution in [0.4, 0.5) is 10.6 Å². The van der Waals surface area contributed by atoms with E-state index in [-0.39, 0.29) is 6.03 Å². The third-order valence-electron chi connectivity index (χ3n) is 4.24. The van der Waals surface area contributed by atoms with Gasteiger partial charge in [0.1, 0.15) is 5.82 Å². The van der Waals surface area contributed by atoms with Gasteiger partial charge in [0.2, 0.25) is 0 Å². The minimum Gasteiger partial charge on any atom is -0.337 e. The predicted molar refractivity (Wildman–Crippen MR) is 95.6 cm³/mol. The molecule has 0 atom stereocenters. The third-order valence-corrected chi connectivity index (χ3v) is 4.24. The summed E-state index contributed by atoms with van der Waals surface area (Å²) in [5.41, 5.74) is 1.79. The zero-order valence-corrected chi connectivity index (χ0v) is 14.2. The van der Waals surface area contributed by atoms with Crippen LogP contribution in [0.1, 0.15) is 25.0 Å². The molecule has 0 aliphatic carbocycles. The molecule has 128 valence electrons. The minimum absolute atomic E-state index is 0.191. The number of nitrogens with one attached hydrogen (secondary N) is 2. The fourth-order valence-electron chi connectivity index (χ4n) is 3.03. The van der Waals surface area contributed by atoms with E-state index in [9.17, 15) is 4.79 Å². The number of nitrogens with zero attached hydrogens (tertiary/aromatic N) is 3. The first-order valence-corrected chi connectivity index (χ1v) is 8.62. The third kappa shape index (κ3) is 4.35. The molecule has 1 fully saturated rings. The van der Waals surface area contributed by atoms with Crippen molar-refractivity contribution in [3.05, 3.63) is 42.1 Å². The van der Waals surface area contributed by atoms with Crippen molar-refractivity contribution >= 4 is 11.8 Å². The number of hydrogen-bond donors (Lipinski definition) is 2. The van der Waals surface area contributed by atoms with Gasteiger partial charge in [-0.2, -0.15) is 5.10 Å². The highest BCUT2D eigenvalue weighted by Gasteiger charge is 2.12. The van der Waals surface area contributed by atoms with Gasteiger partial charge in [0.15, 0.2) is 0 Å². The summed E-state index contributed by atoms with van der Waals surface area (Å²) in [6.07, 6.45) is 3.86. The fourth-order valence-corrected chi connectivity index (χ4v) is 3.03. The lowest BCUT2D eigenvalue weighted by Crippen LogP contribution is -2.39. The minimum atomic E-state index is -0.191. The number of piperidine rings is 1. The zero-order valence-electron chi connectivity index (χ0n) is 14.2. The van der Waals surface area contributed by atoms with Crippen LogP contribution in [-0.4, -0.2) is 46.9 Å². The molecule has 1 aliphatic rings. The number of anilines is 1. The SMILES string of the molecule is Cc1cc(NC(=O)NCCN2CCCCC2)n(-c2ccccc2)n1. The van der Waals surface area contributed by atoms with Crippen LogP contribution in [0.2, 0.25) is 0 Å². The highest BCUT2D eigenvalue weighted by atomic mass is 16.2. The van der Waals surface area contributed by atoms with Crippen LogP contribution in [0, 0.1) is 6.92 Å². The highest BCUT2D eigenvalue weighted by Crippen LogP contribution is 2.16. The number of likely N-dealkylation sites (tertiary alicyclic amines) is 1. The lowest BCUT2D eigenvalue weighted by Gasteiger charge is -2.26. The summed E-state index contributed by atoms with van der Waals surface area (Å²) in [7, 11) is 0. The van der Waals surface area contributed by atoms with E-state index in [1.807, 2.05) is 43.3 Å². The van der Waals surface area contributed by atoms with E-state index >= 15 is 0 Å². The van der Waals surface area contributed by atoms with Crippen LogP contribution < -0.4 is 10.6 Å². The number of aromatic nitrogens is 2. The second-order valence-corrected chi connectivity index (χ2v) is 6.20. The topological polar surface area (TPSA) is 62.2 Å². The van der Waals surface area contributed by atoms with Crippen LogP contribution >= 0.6 is 0 Å². The number of carbonyl (C=O) groups excluding carboxylic acids is 1. The molecule has 0 spiro atoms. The Balaban J connectivity index is 1.54. The van der Waals surface area contributed by atoms with Gasteiger partial charge in [-0.1, -0.05) is 24.6 Å². The Kier molecular flexibility index (Phi) is 5.48. The monoisotopic (exact) mass is 327 g/mol. The molecule has 3 rings (SSSR count). The Bertz CT molecular complexity index is 661. The van der Waals surface area contributed by atoms with Gasteiger partial charge in [0.05, 0.1) is 11.4 Å². The molecule has 0 bridgehead atoms. The molecule has 0 unspecified atom stereocenters. The summed E-state index contributed by atoms with van der Waals surface area (Å²) in [5.74, 6) is 0.675. The van der Waals surface area contributed by atoms with Gasteiger partial charge in [-0.05, 0) is 45.0 Å². The summed E-state index contributed by atoms with van der Waals surface area (Å²) < 4.78 is 1.75. The Hall–Kier alpha value is -2.34. The Morgan fingerprint density at radius 2 is 1.92 bits per heavy atom. The van der Waals surface area contributed by atoms with Gasteiger partial charge in [-0.3, -0.25) is 5.32 Å². The van der Waals surface area contributed by atoms with E-state index in [0.717, 1.165) is 31.0 Å². The van der Waals surface area contributed by atoms with E-state index in [1.54, 1.807) is 4.68 Å². The van der Waals surface area contributed by atoms with Crippen LogP contribution in [0.5, 0.6) is 0 Å². The molecule has 1 aromatic heterocycles. The Morgan fingerprint density at radius 3 is 2.67 bits per heavy atom. The summed E-state index contributed by atoms with van der Waals surface area (Å²) >= 11 is 0. The molecular formula is C18H25N5O. The quantitative estimate of drug-likeness (QED) is 0.888. The largest absolute Gasteiger partial charge is 0.337 e. The summed E-state index contributed by atoms with van der Waals surface area (Å²) in [4.78, 5) is 14.6. The molecule has 0 radical (unpaired) electrons. The second kappa shape index (κ2) is 7.97. The van der Waals surface area contributed by atoms with Crippen LogP contribution in [0.25, 0.3) is 5.69 Å². The lowest BCUT2D eigenvalue weighted by atomic mass is 10.1. The molecule has 6 nitrogen and oxygen atoms in total. The van der Waals surface area contributed by atoms with E-state index in [4.69, 9.17) is 0 Å². The smallest absolute Gasteiger partial charge is 0.320 e. The zero-order chi connectivity index (χ0) is 16.8. The number of carbonyl (C=O) groups is 1. The van der Waals surface area contributed by atoms with Crippen LogP contribution in [0.15, 0.2) is 36.4 Å². The lowest BCUT2D eigenvalue weighted by molar-refractivity contribution is 0.224. The maximum atomic E-state index is 12.2. The average molecular weight is 327 g/mol. The van der Waals surface area contributed by atoms with Gasteiger partial charge < -0.3 is 10.2 Å². The molecule has 1 aromatic carbocycles. The number of benzene rings is 1. The number of aryl methyl sites for hydroxylation is 1. The molecule has 24 heavy (non-hydrogen) atoms. The van der Waals surface area contributed by atoms with E-state index in [0.29, 0.717) is 12.4 Å². The van der Waals surface area contributed by atoms with E-state index in [2.05, 4.69) is 20.6 Å². The molecule has 2 N–H and O–H groups in total. The maximum absolute atomic E-state index is 12.2. The predicted octanol–water partition coefficient (Wildman–Crippen LogP) is 2.79. The van der Waals surface area contributed by atoms with Crippen molar-refractivity contribution in [2.24, 2.45) is 0 Å². The average Bonchev–Trinajstić information content (AvgIpc) is 2.97. The first-order chi connectivity index (χ1) is 11.7. The molecule has 2 aromatic rings. The van der Waals surface area contributed by atoms with Crippen molar-refractivity contribution in [2.75, 3.05) is 31.5 Å². The van der Waals surface area contributed by atoms with Crippen molar-refractivity contribution in [3.63, 3.8) is 0 Å². The van der Waals surface area contributed by atoms with Crippen LogP contribution in [0.3, 0.4) is 0 Å². The fraction of sp³-hybridized carbons (Fsp3) is 0.444. The number of rotatable bonds is 5. The van der Waals surface area contributed by atoms with Gasteiger partial charge in [-0.15, -0.1) is 0 Å². The molecule has 1 aliphatic heterocycles. The molecule has 0 saturated carbocycles. The Morgan fingerprint density at radius 1 is 1.17 bits per heavy atom. The molecular weight excluding hydrogens is 302 g/mol. The molecule has 2 amide bonds.